The largest absolute Gasteiger partial charge is 0.760 e. The van der Waals surface area contributed by atoms with Gasteiger partial charge in [-0.25, -0.2) is 4.72 Å². The van der Waals surface area contributed by atoms with Crippen molar-refractivity contribution in [2.75, 3.05) is 26.7 Å². The highest BCUT2D eigenvalue weighted by Gasteiger charge is 2.37. The topological polar surface area (TPSA) is 85.5 Å². The van der Waals surface area contributed by atoms with Crippen LogP contribution >= 0.6 is 0 Å². The number of rotatable bonds is 7. The average molecular weight is 381 g/mol. The molecule has 2 aliphatic rings. The molecule has 1 saturated heterocycles. The Labute approximate surface area is 158 Å². The molecule has 0 bridgehead atoms. The predicted molar refractivity (Wildman–Crippen MR) is 103 cm³/mol. The molecule has 6 nitrogen and oxygen atoms in total. The van der Waals surface area contributed by atoms with Gasteiger partial charge in [-0.1, -0.05) is 12.1 Å². The number of methoxy groups -OCH3 is 1. The molecule has 7 heteroatoms. The first-order valence-electron chi connectivity index (χ1n) is 9.55. The summed E-state index contributed by atoms with van der Waals surface area (Å²) in [4.78, 5) is 0. The predicted octanol–water partition coefficient (Wildman–Crippen LogP) is 1.60. The number of nitrogens with one attached hydrogen (secondary N) is 3. The van der Waals surface area contributed by atoms with Crippen LogP contribution in [0.25, 0.3) is 0 Å². The molecule has 1 saturated carbocycles. The molecule has 0 spiro atoms. The Hall–Kier alpha value is -0.990. The quantitative estimate of drug-likeness (QED) is 0.626. The number of benzene rings is 1. The lowest BCUT2D eigenvalue weighted by Gasteiger charge is -2.42. The standard InChI is InChI=1S/C19H31N3O3S/c1-25-18-4-2-3-15(13-18)19(14-21-26(23)24)9-5-16(6-10-19)22-17-7-11-20-12-8-17/h2-4,13,16-17,20-22H,5-12,14H2,1H3,(H,23,24)/p-1. The summed E-state index contributed by atoms with van der Waals surface area (Å²) in [6.45, 7) is 2.63. The minimum Gasteiger partial charge on any atom is -0.760 e. The van der Waals surface area contributed by atoms with Crippen molar-refractivity contribution in [3.8, 4) is 5.75 Å². The molecule has 1 aliphatic heterocycles. The summed E-state index contributed by atoms with van der Waals surface area (Å²) in [5.74, 6) is 0.820. The molecule has 3 N–H and O–H groups in total. The van der Waals surface area contributed by atoms with E-state index in [0.717, 1.165) is 50.1 Å². The molecule has 1 aromatic rings. The monoisotopic (exact) mass is 380 g/mol. The Morgan fingerprint density at radius 1 is 1.23 bits per heavy atom. The van der Waals surface area contributed by atoms with E-state index in [1.807, 2.05) is 12.1 Å². The zero-order valence-electron chi connectivity index (χ0n) is 15.5. The van der Waals surface area contributed by atoms with Gasteiger partial charge in [-0.3, -0.25) is 4.21 Å². The smallest absolute Gasteiger partial charge is 0.119 e. The summed E-state index contributed by atoms with van der Waals surface area (Å²) in [5.41, 5.74) is 0.996. The van der Waals surface area contributed by atoms with E-state index in [2.05, 4.69) is 27.5 Å². The molecule has 26 heavy (non-hydrogen) atoms. The van der Waals surface area contributed by atoms with Gasteiger partial charge >= 0.3 is 0 Å². The van der Waals surface area contributed by atoms with Gasteiger partial charge in [0.05, 0.1) is 7.11 Å². The van der Waals surface area contributed by atoms with Crippen LogP contribution in [0.2, 0.25) is 0 Å². The van der Waals surface area contributed by atoms with E-state index in [4.69, 9.17) is 4.74 Å². The van der Waals surface area contributed by atoms with Gasteiger partial charge in [0.15, 0.2) is 0 Å². The maximum atomic E-state index is 11.1. The van der Waals surface area contributed by atoms with Crippen LogP contribution in [0.15, 0.2) is 24.3 Å². The second-order valence-electron chi connectivity index (χ2n) is 7.53. The third-order valence-corrected chi connectivity index (χ3v) is 6.34. The highest BCUT2D eigenvalue weighted by molar-refractivity contribution is 7.77. The third-order valence-electron chi connectivity index (χ3n) is 5.96. The van der Waals surface area contributed by atoms with Gasteiger partial charge in [0, 0.05) is 35.3 Å². The minimum absolute atomic E-state index is 0.166. The Balaban J connectivity index is 1.68. The van der Waals surface area contributed by atoms with Crippen molar-refractivity contribution in [3.05, 3.63) is 29.8 Å². The lowest BCUT2D eigenvalue weighted by molar-refractivity contribution is 0.223. The average Bonchev–Trinajstić information content (AvgIpc) is 2.68. The fourth-order valence-corrected chi connectivity index (χ4v) is 4.77. The molecule has 1 heterocycles. The Kier molecular flexibility index (Phi) is 7.05. The van der Waals surface area contributed by atoms with Gasteiger partial charge in [-0.15, -0.1) is 0 Å². The SMILES string of the molecule is COc1cccc(C2(CNS(=O)[O-])CCC(NC3CCNCC3)CC2)c1. The van der Waals surface area contributed by atoms with Crippen molar-refractivity contribution in [1.82, 2.24) is 15.4 Å². The molecule has 1 aliphatic carbocycles. The van der Waals surface area contributed by atoms with Crippen LogP contribution in [0.4, 0.5) is 0 Å². The summed E-state index contributed by atoms with van der Waals surface area (Å²) < 4.78 is 30.2. The summed E-state index contributed by atoms with van der Waals surface area (Å²) >= 11 is -2.24. The van der Waals surface area contributed by atoms with Crippen molar-refractivity contribution in [2.24, 2.45) is 0 Å². The molecule has 0 amide bonds. The van der Waals surface area contributed by atoms with Crippen LogP contribution in [0.3, 0.4) is 0 Å². The summed E-state index contributed by atoms with van der Waals surface area (Å²) in [6, 6.07) is 9.20. The molecule has 2 fully saturated rings. The number of hydrogen-bond donors (Lipinski definition) is 3. The summed E-state index contributed by atoms with van der Waals surface area (Å²) in [5, 5.41) is 7.23. The molecular formula is C19H30N3O3S-. The Bertz CT molecular complexity index is 599. The van der Waals surface area contributed by atoms with Crippen LogP contribution in [0.5, 0.6) is 5.75 Å². The molecule has 146 valence electrons. The van der Waals surface area contributed by atoms with E-state index in [9.17, 15) is 8.76 Å². The lowest BCUT2D eigenvalue weighted by Crippen LogP contribution is -2.49. The maximum Gasteiger partial charge on any atom is 0.119 e. The van der Waals surface area contributed by atoms with E-state index in [-0.39, 0.29) is 5.41 Å². The van der Waals surface area contributed by atoms with Gasteiger partial charge in [0.25, 0.3) is 0 Å². The number of piperidine rings is 1. The highest BCUT2D eigenvalue weighted by Crippen LogP contribution is 2.40. The first kappa shape index (κ1) is 19.8. The van der Waals surface area contributed by atoms with Crippen molar-refractivity contribution >= 4 is 11.3 Å². The van der Waals surface area contributed by atoms with Gasteiger partial charge in [-0.2, -0.15) is 0 Å². The van der Waals surface area contributed by atoms with Gasteiger partial charge < -0.3 is 19.9 Å². The first-order valence-corrected chi connectivity index (χ1v) is 10.6. The van der Waals surface area contributed by atoms with Crippen molar-refractivity contribution in [2.45, 2.75) is 56.0 Å². The van der Waals surface area contributed by atoms with E-state index >= 15 is 0 Å². The molecule has 0 radical (unpaired) electrons. The second kappa shape index (κ2) is 9.28. The molecule has 1 unspecified atom stereocenters. The van der Waals surface area contributed by atoms with Crippen LogP contribution in [0.1, 0.15) is 44.1 Å². The Morgan fingerprint density at radius 2 is 1.92 bits per heavy atom. The van der Waals surface area contributed by atoms with E-state index in [1.165, 1.54) is 12.8 Å². The summed E-state index contributed by atoms with van der Waals surface area (Å²) in [7, 11) is 1.66. The molecule has 3 rings (SSSR count). The summed E-state index contributed by atoms with van der Waals surface area (Å²) in [6.07, 6.45) is 6.44. The normalized spacial score (nSPS) is 28.6. The number of ether oxygens (including phenoxy) is 1. The molecule has 1 aromatic carbocycles. The van der Waals surface area contributed by atoms with Crippen LogP contribution in [-0.4, -0.2) is 47.6 Å². The highest BCUT2D eigenvalue weighted by atomic mass is 32.2. The van der Waals surface area contributed by atoms with Crippen molar-refractivity contribution < 1.29 is 13.5 Å². The lowest BCUT2D eigenvalue weighted by atomic mass is 9.68. The van der Waals surface area contributed by atoms with E-state index in [0.29, 0.717) is 18.6 Å². The number of hydrogen-bond acceptors (Lipinski definition) is 5. The fraction of sp³-hybridized carbons (Fsp3) is 0.684. The second-order valence-corrected chi connectivity index (χ2v) is 8.29. The fourth-order valence-electron chi connectivity index (χ4n) is 4.38. The molecule has 1 atom stereocenters. The van der Waals surface area contributed by atoms with Crippen LogP contribution < -0.4 is 20.1 Å². The third kappa shape index (κ3) is 5.04. The first-order chi connectivity index (χ1) is 12.6. The zero-order chi connectivity index (χ0) is 18.4. The maximum absolute atomic E-state index is 11.1. The van der Waals surface area contributed by atoms with Crippen LogP contribution in [0, 0.1) is 0 Å². The van der Waals surface area contributed by atoms with Gasteiger partial charge in [0.2, 0.25) is 0 Å². The Morgan fingerprint density at radius 3 is 2.58 bits per heavy atom. The zero-order valence-corrected chi connectivity index (χ0v) is 16.3. The molecular weight excluding hydrogens is 350 g/mol. The van der Waals surface area contributed by atoms with Crippen LogP contribution in [-0.2, 0) is 16.7 Å². The van der Waals surface area contributed by atoms with Gasteiger partial charge in [0.1, 0.15) is 5.75 Å². The molecule has 0 aromatic heterocycles. The van der Waals surface area contributed by atoms with Crippen molar-refractivity contribution in [3.63, 3.8) is 0 Å². The van der Waals surface area contributed by atoms with E-state index in [1.54, 1.807) is 7.11 Å². The van der Waals surface area contributed by atoms with E-state index < -0.39 is 11.3 Å². The van der Waals surface area contributed by atoms with Crippen molar-refractivity contribution in [1.29, 1.82) is 0 Å². The minimum atomic E-state index is -2.24. The van der Waals surface area contributed by atoms with Gasteiger partial charge in [-0.05, 0) is 69.3 Å².